The number of hydrogen-bond donors (Lipinski definition) is 16. The summed E-state index contributed by atoms with van der Waals surface area (Å²) in [4.78, 5) is 0. The highest BCUT2D eigenvalue weighted by Gasteiger charge is 2.33. The largest absolute Gasteiger partial charge is 0.508 e. The molecule has 0 fully saturated rings. The minimum absolute atomic E-state index is 0.00720. The predicted molar refractivity (Wildman–Crippen MR) is 275 cm³/mol. The molecule has 0 aliphatic heterocycles. The molecule has 0 heterocycles. The zero-order chi connectivity index (χ0) is 52.6. The summed E-state index contributed by atoms with van der Waals surface area (Å²) in [6, 6.07) is 35.3. The molecule has 20 heteroatoms. The fourth-order valence-electron chi connectivity index (χ4n) is 9.41. The molecule has 8 aromatic rings. The summed E-state index contributed by atoms with van der Waals surface area (Å²) in [6.07, 6.45) is 0. The molecule has 0 saturated carbocycles. The molecule has 0 saturated heterocycles. The van der Waals surface area contributed by atoms with Gasteiger partial charge in [0, 0.05) is 86.9 Å². The summed E-state index contributed by atoms with van der Waals surface area (Å²) in [7, 11) is -7.29. The van der Waals surface area contributed by atoms with E-state index in [4.69, 9.17) is 0 Å². The Balaban J connectivity index is 1.38. The van der Waals surface area contributed by atoms with Gasteiger partial charge >= 0.3 is 28.5 Å². The Kier molecular flexibility index (Phi) is 14.8. The quantitative estimate of drug-likeness (QED) is 0.0514. The first-order chi connectivity index (χ1) is 34.7. The van der Waals surface area contributed by atoms with Gasteiger partial charge in [-0.15, -0.1) is 0 Å². The van der Waals surface area contributed by atoms with E-state index in [1.54, 1.807) is 19.1 Å². The Hall–Kier alpha value is -7.90. The van der Waals surface area contributed by atoms with Crippen molar-refractivity contribution in [1.82, 2.24) is 0 Å². The molecule has 4 unspecified atom stereocenters. The second-order valence-electron chi connectivity index (χ2n) is 17.8. The molecule has 0 spiro atoms. The van der Waals surface area contributed by atoms with Crippen molar-refractivity contribution in [1.29, 1.82) is 0 Å². The molecule has 0 radical (unpaired) electrons. The van der Waals surface area contributed by atoms with Crippen LogP contribution in [0.2, 0.25) is 0 Å². The van der Waals surface area contributed by atoms with Crippen LogP contribution >= 0.6 is 0 Å². The maximum absolute atomic E-state index is 12.0. The Bertz CT molecular complexity index is 3260. The molecule has 0 bridgehead atoms. The van der Waals surface area contributed by atoms with Crippen molar-refractivity contribution in [2.75, 3.05) is 0 Å². The Morgan fingerprint density at radius 2 is 0.507 bits per heavy atom. The monoisotopic (exact) mass is 984 g/mol. The molecule has 0 aliphatic rings. The van der Waals surface area contributed by atoms with Crippen molar-refractivity contribution >= 4 is 50.3 Å². The second kappa shape index (κ2) is 21.1. The summed E-state index contributed by atoms with van der Waals surface area (Å²) < 4.78 is 0. The summed E-state index contributed by atoms with van der Waals surface area (Å²) in [5, 5.41) is 172. The van der Waals surface area contributed by atoms with Crippen molar-refractivity contribution in [2.24, 2.45) is 0 Å². The van der Waals surface area contributed by atoms with Gasteiger partial charge in [0.1, 0.15) is 46.0 Å². The lowest BCUT2D eigenvalue weighted by Crippen LogP contribution is -2.29. The summed E-state index contributed by atoms with van der Waals surface area (Å²) in [6.45, 7) is 1.77. The van der Waals surface area contributed by atoms with Crippen LogP contribution in [-0.4, -0.2) is 110 Å². The van der Waals surface area contributed by atoms with Crippen molar-refractivity contribution in [3.8, 4) is 46.0 Å². The molecule has 8 rings (SSSR count). The van der Waals surface area contributed by atoms with Crippen LogP contribution in [0.25, 0.3) is 0 Å². The van der Waals surface area contributed by atoms with E-state index in [9.17, 15) is 81.0 Å². The van der Waals surface area contributed by atoms with E-state index in [0.717, 1.165) is 24.3 Å². The molecule has 368 valence electrons. The molecule has 0 amide bonds. The molecule has 4 atom stereocenters. The zero-order valence-electron chi connectivity index (χ0n) is 38.7. The number of aromatic hydroxyl groups is 8. The van der Waals surface area contributed by atoms with Gasteiger partial charge in [0.15, 0.2) is 0 Å². The lowest BCUT2D eigenvalue weighted by Gasteiger charge is -2.28. The number of rotatable bonds is 15. The first-order valence-electron chi connectivity index (χ1n) is 22.7. The van der Waals surface area contributed by atoms with Crippen molar-refractivity contribution in [2.45, 2.75) is 30.6 Å². The lowest BCUT2D eigenvalue weighted by atomic mass is 9.74. The molecule has 73 heavy (non-hydrogen) atoms. The zero-order valence-corrected chi connectivity index (χ0v) is 38.7. The van der Waals surface area contributed by atoms with E-state index < -0.39 is 80.9 Å². The predicted octanol–water partition coefficient (Wildman–Crippen LogP) is 1.74. The summed E-state index contributed by atoms with van der Waals surface area (Å²) in [5.74, 6) is -7.49. The van der Waals surface area contributed by atoms with E-state index in [1.165, 1.54) is 115 Å². The van der Waals surface area contributed by atoms with E-state index in [1.807, 2.05) is 0 Å². The second-order valence-corrected chi connectivity index (χ2v) is 17.8. The minimum Gasteiger partial charge on any atom is -0.508 e. The molecule has 16 N–H and O–H groups in total. The Morgan fingerprint density at radius 3 is 0.795 bits per heavy atom. The van der Waals surface area contributed by atoms with Crippen LogP contribution in [0.1, 0.15) is 91.8 Å². The Morgan fingerprint density at radius 1 is 0.260 bits per heavy atom. The van der Waals surface area contributed by atoms with Crippen LogP contribution in [0, 0.1) is 0 Å². The van der Waals surface area contributed by atoms with Crippen molar-refractivity contribution in [3.63, 3.8) is 0 Å². The first-order valence-corrected chi connectivity index (χ1v) is 22.7. The maximum atomic E-state index is 12.0. The molecular weight excluding hydrogens is 936 g/mol. The van der Waals surface area contributed by atoms with E-state index in [0.29, 0.717) is 27.8 Å². The number of phenolic OH excluding ortho intramolecular Hbond substituents is 8. The van der Waals surface area contributed by atoms with Crippen molar-refractivity contribution in [3.05, 3.63) is 213 Å². The van der Waals surface area contributed by atoms with Gasteiger partial charge in [0.2, 0.25) is 0 Å². The summed E-state index contributed by atoms with van der Waals surface area (Å²) >= 11 is 0. The van der Waals surface area contributed by atoms with E-state index in [2.05, 4.69) is 0 Å². The highest BCUT2D eigenvalue weighted by atomic mass is 16.4. The number of hydrogen-bond acceptors (Lipinski definition) is 16. The fraction of sp³-hybridized carbons (Fsp3) is 0.0943. The first kappa shape index (κ1) is 51.5. The number of phenols is 8. The van der Waals surface area contributed by atoms with Crippen LogP contribution in [0.3, 0.4) is 0 Å². The van der Waals surface area contributed by atoms with Crippen LogP contribution in [0.4, 0.5) is 0 Å². The average Bonchev–Trinajstić information content (AvgIpc) is 3.35. The van der Waals surface area contributed by atoms with Crippen LogP contribution < -0.4 is 21.9 Å². The van der Waals surface area contributed by atoms with Gasteiger partial charge in [0.25, 0.3) is 0 Å². The van der Waals surface area contributed by atoms with Gasteiger partial charge in [-0.1, -0.05) is 110 Å². The van der Waals surface area contributed by atoms with Gasteiger partial charge in [-0.05, 0) is 68.4 Å². The van der Waals surface area contributed by atoms with E-state index >= 15 is 0 Å². The van der Waals surface area contributed by atoms with Crippen LogP contribution in [-0.2, 0) is 0 Å². The Labute approximate surface area is 419 Å². The van der Waals surface area contributed by atoms with Gasteiger partial charge in [-0.25, -0.2) is 0 Å². The highest BCUT2D eigenvalue weighted by Crippen LogP contribution is 2.51. The normalized spacial score (nSPS) is 12.9. The van der Waals surface area contributed by atoms with Gasteiger partial charge in [0.05, 0.1) is 0 Å². The van der Waals surface area contributed by atoms with Gasteiger partial charge in [-0.3, -0.25) is 0 Å². The maximum Gasteiger partial charge on any atom is 0.488 e. The molecule has 0 aliphatic carbocycles. The molecular formula is C53H48B4O16. The number of benzene rings is 8. The molecule has 0 aromatic heterocycles. The smallest absolute Gasteiger partial charge is 0.488 e. The molecule has 16 nitrogen and oxygen atoms in total. The highest BCUT2D eigenvalue weighted by molar-refractivity contribution is 6.59. The standard InChI is InChI=1S/C53H48B4O16/c1-27(28-2-10-32(11-3-28)54(66)67)38-21-39(46(61)24-45(38)60)52(30-6-14-34(15-7-30)56(70)71)42-23-43(50(65)26-49(42)64)53(31-8-16-35(17-9-31)57(72)73)41-22-40(47(62)25-48(41)63)51(37-19-18-36(58)20-44(37)59)29-4-12-33(13-5-29)55(68)69/h2-27,51-53,58-73H,1H3. The average molecular weight is 984 g/mol. The van der Waals surface area contributed by atoms with Crippen LogP contribution in [0.15, 0.2) is 152 Å². The fourth-order valence-corrected chi connectivity index (χ4v) is 9.41. The third-order valence-electron chi connectivity index (χ3n) is 13.3. The van der Waals surface area contributed by atoms with Crippen LogP contribution in [0.5, 0.6) is 46.0 Å². The van der Waals surface area contributed by atoms with Gasteiger partial charge in [-0.2, -0.15) is 0 Å². The van der Waals surface area contributed by atoms with Gasteiger partial charge < -0.3 is 81.0 Å². The summed E-state index contributed by atoms with van der Waals surface area (Å²) in [5.41, 5.74) is 2.98. The SMILES string of the molecule is CC(c1ccc(B(O)O)cc1)c1cc(C(c2ccc(B(O)O)cc2)c2cc(C(c3ccc(B(O)O)cc3)c3cc(C(c4ccc(B(O)O)cc4)c4ccc(O)cc4O)c(O)cc3O)c(O)cc2O)c(O)cc1O. The van der Waals surface area contributed by atoms with E-state index in [-0.39, 0.29) is 72.5 Å². The molecule has 8 aromatic carbocycles. The van der Waals surface area contributed by atoms with Crippen molar-refractivity contribution < 1.29 is 81.0 Å². The lowest BCUT2D eigenvalue weighted by molar-refractivity contribution is 0.424. The minimum atomic E-state index is -1.88. The third kappa shape index (κ3) is 10.5. The third-order valence-corrected chi connectivity index (χ3v) is 13.3. The topological polar surface area (TPSA) is 324 Å².